The van der Waals surface area contributed by atoms with Crippen LogP contribution in [0.5, 0.6) is 5.75 Å². The molecule has 0 aliphatic carbocycles. The van der Waals surface area contributed by atoms with E-state index in [0.717, 1.165) is 24.8 Å². The third kappa shape index (κ3) is 3.86. The van der Waals surface area contributed by atoms with E-state index < -0.39 is 0 Å². The molecule has 0 unspecified atom stereocenters. The Morgan fingerprint density at radius 3 is 2.50 bits per heavy atom. The number of hydrogen-bond donors (Lipinski definition) is 1. The van der Waals surface area contributed by atoms with E-state index in [4.69, 9.17) is 4.74 Å². The predicted molar refractivity (Wildman–Crippen MR) is 68.7 cm³/mol. The number of nitrogens with one attached hydrogen (secondary N) is 1. The first-order chi connectivity index (χ1) is 7.65. The lowest BCUT2D eigenvalue weighted by atomic mass is 9.98. The van der Waals surface area contributed by atoms with Gasteiger partial charge < -0.3 is 10.1 Å². The molecule has 0 heterocycles. The fourth-order valence-electron chi connectivity index (χ4n) is 1.52. The van der Waals surface area contributed by atoms with E-state index in [1.54, 1.807) is 7.11 Å². The summed E-state index contributed by atoms with van der Waals surface area (Å²) in [5, 5.41) is 3.48. The summed E-state index contributed by atoms with van der Waals surface area (Å²) in [6.07, 6.45) is 0. The Hall–Kier alpha value is -1.02. The number of rotatable bonds is 6. The first-order valence-electron chi connectivity index (χ1n) is 5.97. The highest BCUT2D eigenvalue weighted by Gasteiger charge is 2.07. The van der Waals surface area contributed by atoms with E-state index in [0.29, 0.717) is 5.92 Å². The molecule has 0 radical (unpaired) electrons. The zero-order chi connectivity index (χ0) is 12.0. The molecule has 0 spiro atoms. The minimum atomic E-state index is 0.703. The van der Waals surface area contributed by atoms with Crippen LogP contribution in [-0.2, 0) is 6.54 Å². The van der Waals surface area contributed by atoms with Crippen molar-refractivity contribution in [3.63, 3.8) is 0 Å². The Morgan fingerprint density at radius 1 is 1.19 bits per heavy atom. The van der Waals surface area contributed by atoms with E-state index in [2.05, 4.69) is 32.2 Å². The first kappa shape index (κ1) is 13.0. The standard InChI is InChI=1S/C14H23NO/c1-11(2)12(3)9-15-10-13-7-5-6-8-14(13)16-4/h5-8,11-12,15H,9-10H2,1-4H3/t12-/m0/s1. The Labute approximate surface area is 99.0 Å². The molecule has 1 aromatic rings. The smallest absolute Gasteiger partial charge is 0.123 e. The van der Waals surface area contributed by atoms with Gasteiger partial charge in [-0.15, -0.1) is 0 Å². The van der Waals surface area contributed by atoms with Gasteiger partial charge in [-0.2, -0.15) is 0 Å². The van der Waals surface area contributed by atoms with Gasteiger partial charge in [-0.1, -0.05) is 39.0 Å². The van der Waals surface area contributed by atoms with Crippen LogP contribution in [0.15, 0.2) is 24.3 Å². The number of benzene rings is 1. The third-order valence-corrected chi connectivity index (χ3v) is 3.11. The molecule has 90 valence electrons. The minimum absolute atomic E-state index is 0.703. The first-order valence-corrected chi connectivity index (χ1v) is 5.97. The monoisotopic (exact) mass is 221 g/mol. The molecular formula is C14H23NO. The van der Waals surface area contributed by atoms with Crippen molar-refractivity contribution in [2.24, 2.45) is 11.8 Å². The molecule has 0 saturated carbocycles. The van der Waals surface area contributed by atoms with Gasteiger partial charge >= 0.3 is 0 Å². The van der Waals surface area contributed by atoms with Gasteiger partial charge in [0, 0.05) is 12.1 Å². The summed E-state index contributed by atoms with van der Waals surface area (Å²) in [5.41, 5.74) is 1.22. The SMILES string of the molecule is COc1ccccc1CNC[C@H](C)C(C)C. The van der Waals surface area contributed by atoms with Crippen molar-refractivity contribution in [2.75, 3.05) is 13.7 Å². The van der Waals surface area contributed by atoms with Crippen molar-refractivity contribution in [1.82, 2.24) is 5.32 Å². The quantitative estimate of drug-likeness (QED) is 0.797. The van der Waals surface area contributed by atoms with Gasteiger partial charge in [0.25, 0.3) is 0 Å². The van der Waals surface area contributed by atoms with Crippen LogP contribution in [0.4, 0.5) is 0 Å². The second-order valence-electron chi connectivity index (χ2n) is 4.66. The van der Waals surface area contributed by atoms with Crippen LogP contribution in [0.3, 0.4) is 0 Å². The second-order valence-corrected chi connectivity index (χ2v) is 4.66. The molecule has 0 aromatic heterocycles. The lowest BCUT2D eigenvalue weighted by Crippen LogP contribution is -2.23. The lowest BCUT2D eigenvalue weighted by Gasteiger charge is -2.16. The number of para-hydroxylation sites is 1. The molecule has 1 rings (SSSR count). The fraction of sp³-hybridized carbons (Fsp3) is 0.571. The summed E-state index contributed by atoms with van der Waals surface area (Å²) in [6.45, 7) is 8.72. The van der Waals surface area contributed by atoms with Crippen molar-refractivity contribution in [2.45, 2.75) is 27.3 Å². The van der Waals surface area contributed by atoms with Gasteiger partial charge in [0.2, 0.25) is 0 Å². The molecule has 2 nitrogen and oxygen atoms in total. The third-order valence-electron chi connectivity index (χ3n) is 3.11. The maximum absolute atomic E-state index is 5.31. The van der Waals surface area contributed by atoms with Crippen LogP contribution in [0.1, 0.15) is 26.3 Å². The minimum Gasteiger partial charge on any atom is -0.496 e. The maximum Gasteiger partial charge on any atom is 0.123 e. The fourth-order valence-corrected chi connectivity index (χ4v) is 1.52. The molecule has 0 amide bonds. The van der Waals surface area contributed by atoms with Gasteiger partial charge in [0.05, 0.1) is 7.11 Å². The summed E-state index contributed by atoms with van der Waals surface area (Å²) in [5.74, 6) is 2.40. The van der Waals surface area contributed by atoms with Gasteiger partial charge in [0.1, 0.15) is 5.75 Å². The molecule has 0 aliphatic rings. The van der Waals surface area contributed by atoms with Crippen molar-refractivity contribution in [3.05, 3.63) is 29.8 Å². The zero-order valence-corrected chi connectivity index (χ0v) is 10.8. The Kier molecular flexibility index (Phi) is 5.33. The Morgan fingerprint density at radius 2 is 1.88 bits per heavy atom. The molecule has 0 saturated heterocycles. The van der Waals surface area contributed by atoms with Gasteiger partial charge in [-0.3, -0.25) is 0 Å². The van der Waals surface area contributed by atoms with Crippen LogP contribution in [0.25, 0.3) is 0 Å². The summed E-state index contributed by atoms with van der Waals surface area (Å²) < 4.78 is 5.31. The van der Waals surface area contributed by atoms with Crippen LogP contribution in [0.2, 0.25) is 0 Å². The summed E-state index contributed by atoms with van der Waals surface area (Å²) in [7, 11) is 1.72. The highest BCUT2D eigenvalue weighted by atomic mass is 16.5. The van der Waals surface area contributed by atoms with Crippen molar-refractivity contribution >= 4 is 0 Å². The van der Waals surface area contributed by atoms with Gasteiger partial charge in [-0.25, -0.2) is 0 Å². The topological polar surface area (TPSA) is 21.3 Å². The van der Waals surface area contributed by atoms with E-state index in [9.17, 15) is 0 Å². The second kappa shape index (κ2) is 6.54. The molecule has 0 bridgehead atoms. The maximum atomic E-state index is 5.31. The average molecular weight is 221 g/mol. The molecule has 16 heavy (non-hydrogen) atoms. The van der Waals surface area contributed by atoms with Crippen molar-refractivity contribution in [1.29, 1.82) is 0 Å². The molecule has 1 N–H and O–H groups in total. The average Bonchev–Trinajstić information content (AvgIpc) is 2.29. The molecule has 2 heteroatoms. The molecular weight excluding hydrogens is 198 g/mol. The zero-order valence-electron chi connectivity index (χ0n) is 10.8. The molecule has 0 aliphatic heterocycles. The van der Waals surface area contributed by atoms with Gasteiger partial charge in [0.15, 0.2) is 0 Å². The van der Waals surface area contributed by atoms with Crippen LogP contribution < -0.4 is 10.1 Å². The Balaban J connectivity index is 2.42. The van der Waals surface area contributed by atoms with E-state index in [1.165, 1.54) is 5.56 Å². The van der Waals surface area contributed by atoms with Crippen molar-refractivity contribution < 1.29 is 4.74 Å². The number of methoxy groups -OCH3 is 1. The largest absolute Gasteiger partial charge is 0.496 e. The van der Waals surface area contributed by atoms with Crippen LogP contribution in [-0.4, -0.2) is 13.7 Å². The van der Waals surface area contributed by atoms with Gasteiger partial charge in [-0.05, 0) is 24.4 Å². The highest BCUT2D eigenvalue weighted by Crippen LogP contribution is 2.17. The normalized spacial score (nSPS) is 12.8. The van der Waals surface area contributed by atoms with Crippen LogP contribution in [0, 0.1) is 11.8 Å². The highest BCUT2D eigenvalue weighted by molar-refractivity contribution is 5.32. The van der Waals surface area contributed by atoms with E-state index in [-0.39, 0.29) is 0 Å². The molecule has 1 atom stereocenters. The molecule has 0 fully saturated rings. The predicted octanol–water partition coefficient (Wildman–Crippen LogP) is 3.08. The summed E-state index contributed by atoms with van der Waals surface area (Å²) >= 11 is 0. The van der Waals surface area contributed by atoms with Crippen molar-refractivity contribution in [3.8, 4) is 5.75 Å². The molecule has 1 aromatic carbocycles. The lowest BCUT2D eigenvalue weighted by molar-refractivity contribution is 0.384. The van der Waals surface area contributed by atoms with E-state index >= 15 is 0 Å². The summed E-state index contributed by atoms with van der Waals surface area (Å²) in [6, 6.07) is 8.15. The van der Waals surface area contributed by atoms with Crippen LogP contribution >= 0.6 is 0 Å². The summed E-state index contributed by atoms with van der Waals surface area (Å²) in [4.78, 5) is 0. The number of hydrogen-bond acceptors (Lipinski definition) is 2. The van der Waals surface area contributed by atoms with E-state index in [1.807, 2.05) is 18.2 Å². The number of ether oxygens (including phenoxy) is 1. The Bertz CT molecular complexity index is 309.